The topological polar surface area (TPSA) is 26.3 Å². The Hall–Kier alpha value is -0.540. The van der Waals surface area contributed by atoms with Crippen LogP contribution < -0.4 is 12.4 Å². The highest BCUT2D eigenvalue weighted by molar-refractivity contribution is 5.86. The van der Waals surface area contributed by atoms with Crippen molar-refractivity contribution in [3.8, 4) is 0 Å². The zero-order chi connectivity index (χ0) is 15.4. The first kappa shape index (κ1) is 22.7. The molecule has 0 aliphatic rings. The maximum absolute atomic E-state index is 11.4. The van der Waals surface area contributed by atoms with Crippen molar-refractivity contribution in [3.05, 3.63) is 12.2 Å². The number of carbonyl (C=O) groups excluding carboxylic acids is 1. The van der Waals surface area contributed by atoms with Gasteiger partial charge in [0.15, 0.2) is 0 Å². The Morgan fingerprint density at radius 3 is 1.95 bits per heavy atom. The van der Waals surface area contributed by atoms with Gasteiger partial charge < -0.3 is 17.1 Å². The summed E-state index contributed by atoms with van der Waals surface area (Å²) < 4.78 is 5.96. The quantitative estimate of drug-likeness (QED) is 0.178. The third kappa shape index (κ3) is 14.2. The van der Waals surface area contributed by atoms with Crippen LogP contribution in [0.3, 0.4) is 0 Å². The number of rotatable bonds is 12. The summed E-state index contributed by atoms with van der Waals surface area (Å²) in [5, 5.41) is 0. The molecule has 0 N–H and O–H groups in total. The average molecular weight is 320 g/mol. The maximum Gasteiger partial charge on any atom is 0.337 e. The first-order chi connectivity index (χ1) is 9.39. The van der Waals surface area contributed by atoms with Crippen LogP contribution in [0.4, 0.5) is 0 Å². The van der Waals surface area contributed by atoms with E-state index in [4.69, 9.17) is 4.74 Å². The normalized spacial score (nSPS) is 10.9. The summed E-state index contributed by atoms with van der Waals surface area (Å²) in [5.41, 5.74) is 0.470. The molecule has 0 aromatic heterocycles. The van der Waals surface area contributed by atoms with E-state index in [0.29, 0.717) is 12.3 Å². The predicted octanol–water partition coefficient (Wildman–Crippen LogP) is 1.28. The maximum atomic E-state index is 11.4. The summed E-state index contributed by atoms with van der Waals surface area (Å²) in [6, 6.07) is 0. The molecule has 0 fully saturated rings. The molecule has 0 aliphatic heterocycles. The summed E-state index contributed by atoms with van der Waals surface area (Å²) in [6.07, 6.45) is 10.6. The molecule has 0 aliphatic carbocycles. The fourth-order valence-corrected chi connectivity index (χ4v) is 2.09. The molecule has 0 saturated heterocycles. The minimum atomic E-state index is -0.285. The van der Waals surface area contributed by atoms with E-state index < -0.39 is 0 Å². The SMILES string of the molecule is C=C(C)C(=O)OC[N+](C)(C)CCCCCCCCCC.[Cl-]. The summed E-state index contributed by atoms with van der Waals surface area (Å²) in [4.78, 5) is 11.4. The zero-order valence-corrected chi connectivity index (χ0v) is 15.2. The van der Waals surface area contributed by atoms with Crippen molar-refractivity contribution in [3.63, 3.8) is 0 Å². The second-order valence-corrected chi connectivity index (χ2v) is 6.48. The predicted molar refractivity (Wildman–Crippen MR) is 85.4 cm³/mol. The Morgan fingerprint density at radius 2 is 1.48 bits per heavy atom. The lowest BCUT2D eigenvalue weighted by Crippen LogP contribution is -3.00. The highest BCUT2D eigenvalue weighted by Crippen LogP contribution is 2.10. The van der Waals surface area contributed by atoms with Crippen LogP contribution in [0.5, 0.6) is 0 Å². The molecule has 0 aromatic carbocycles. The van der Waals surface area contributed by atoms with Crippen molar-refractivity contribution < 1.29 is 26.4 Å². The van der Waals surface area contributed by atoms with Gasteiger partial charge in [0.25, 0.3) is 0 Å². The van der Waals surface area contributed by atoms with Crippen molar-refractivity contribution in [1.29, 1.82) is 0 Å². The van der Waals surface area contributed by atoms with Gasteiger partial charge in [0.2, 0.25) is 6.73 Å². The smallest absolute Gasteiger partial charge is 0.337 e. The molecule has 4 heteroatoms. The van der Waals surface area contributed by atoms with E-state index in [-0.39, 0.29) is 18.4 Å². The molecule has 3 nitrogen and oxygen atoms in total. The molecule has 0 saturated carbocycles. The van der Waals surface area contributed by atoms with E-state index in [1.807, 2.05) is 0 Å². The molecule has 0 aromatic rings. The van der Waals surface area contributed by atoms with E-state index in [1.54, 1.807) is 6.92 Å². The van der Waals surface area contributed by atoms with Gasteiger partial charge in [0.05, 0.1) is 20.6 Å². The van der Waals surface area contributed by atoms with Gasteiger partial charge in [-0.15, -0.1) is 0 Å². The third-order valence-electron chi connectivity index (χ3n) is 3.51. The van der Waals surface area contributed by atoms with Gasteiger partial charge in [-0.25, -0.2) is 4.79 Å². The second kappa shape index (κ2) is 13.1. The molecule has 0 bridgehead atoms. The lowest BCUT2D eigenvalue weighted by molar-refractivity contribution is -0.907. The molecule has 0 rings (SSSR count). The van der Waals surface area contributed by atoms with Crippen LogP contribution in [0, 0.1) is 0 Å². The van der Waals surface area contributed by atoms with E-state index >= 15 is 0 Å². The molecular weight excluding hydrogens is 286 g/mol. The minimum absolute atomic E-state index is 0. The van der Waals surface area contributed by atoms with Crippen LogP contribution in [-0.4, -0.2) is 37.8 Å². The largest absolute Gasteiger partial charge is 1.00 e. The monoisotopic (exact) mass is 319 g/mol. The Balaban J connectivity index is 0. The van der Waals surface area contributed by atoms with E-state index in [9.17, 15) is 4.79 Å². The van der Waals surface area contributed by atoms with Crippen LogP contribution in [-0.2, 0) is 9.53 Å². The molecule has 126 valence electrons. The molecule has 0 radical (unpaired) electrons. The number of hydrogen-bond acceptors (Lipinski definition) is 2. The summed E-state index contributed by atoms with van der Waals surface area (Å²) >= 11 is 0. The zero-order valence-electron chi connectivity index (χ0n) is 14.4. The van der Waals surface area contributed by atoms with Crippen LogP contribution in [0.1, 0.15) is 65.2 Å². The van der Waals surface area contributed by atoms with Gasteiger partial charge in [0.1, 0.15) is 0 Å². The Bertz CT molecular complexity index is 291. The number of hydrogen-bond donors (Lipinski definition) is 0. The summed E-state index contributed by atoms with van der Waals surface area (Å²) in [5.74, 6) is -0.285. The molecule has 0 spiro atoms. The van der Waals surface area contributed by atoms with Crippen LogP contribution in [0.15, 0.2) is 12.2 Å². The standard InChI is InChI=1S/C17H34NO2.ClH/c1-6-7-8-9-10-11-12-13-14-18(4,5)15-20-17(19)16(2)3;/h2,6-15H2,1,3-5H3;1H/q+1;/p-1. The number of unbranched alkanes of at least 4 members (excludes halogenated alkanes) is 7. The number of carbonyl (C=O) groups is 1. The van der Waals surface area contributed by atoms with Gasteiger partial charge in [-0.05, 0) is 19.8 Å². The Kier molecular flexibility index (Phi) is 14.2. The van der Waals surface area contributed by atoms with Gasteiger partial charge in [-0.1, -0.05) is 52.0 Å². The molecular formula is C17H34ClNO2. The Labute approximate surface area is 137 Å². The number of ether oxygens (including phenoxy) is 1. The number of nitrogens with zero attached hydrogens (tertiary/aromatic N) is 1. The van der Waals surface area contributed by atoms with E-state index in [0.717, 1.165) is 11.0 Å². The van der Waals surface area contributed by atoms with Crippen LogP contribution in [0.25, 0.3) is 0 Å². The Morgan fingerprint density at radius 1 is 1.00 bits per heavy atom. The minimum Gasteiger partial charge on any atom is -1.00 e. The van der Waals surface area contributed by atoms with Gasteiger partial charge in [-0.3, -0.25) is 4.48 Å². The highest BCUT2D eigenvalue weighted by atomic mass is 35.5. The number of halogens is 1. The summed E-state index contributed by atoms with van der Waals surface area (Å²) in [7, 11) is 4.21. The van der Waals surface area contributed by atoms with E-state index in [1.165, 1.54) is 51.4 Å². The second-order valence-electron chi connectivity index (χ2n) is 6.48. The molecule has 0 amide bonds. The first-order valence-electron chi connectivity index (χ1n) is 8.03. The molecule has 21 heavy (non-hydrogen) atoms. The summed E-state index contributed by atoms with van der Waals surface area (Å²) in [6.45, 7) is 9.01. The first-order valence-corrected chi connectivity index (χ1v) is 8.03. The van der Waals surface area contributed by atoms with Crippen molar-refractivity contribution in [1.82, 2.24) is 0 Å². The van der Waals surface area contributed by atoms with Crippen molar-refractivity contribution in [2.75, 3.05) is 27.4 Å². The average Bonchev–Trinajstić information content (AvgIpc) is 2.39. The lowest BCUT2D eigenvalue weighted by Gasteiger charge is -2.28. The fourth-order valence-electron chi connectivity index (χ4n) is 2.09. The molecule has 0 atom stereocenters. The number of quaternary nitrogens is 1. The van der Waals surface area contributed by atoms with Crippen molar-refractivity contribution in [2.24, 2.45) is 0 Å². The van der Waals surface area contributed by atoms with Gasteiger partial charge in [-0.2, -0.15) is 0 Å². The number of esters is 1. The van der Waals surface area contributed by atoms with Crippen LogP contribution >= 0.6 is 0 Å². The molecule has 0 unspecified atom stereocenters. The van der Waals surface area contributed by atoms with Crippen molar-refractivity contribution >= 4 is 5.97 Å². The third-order valence-corrected chi connectivity index (χ3v) is 3.51. The van der Waals surface area contributed by atoms with Crippen molar-refractivity contribution in [2.45, 2.75) is 65.2 Å². The fraction of sp³-hybridized carbons (Fsp3) is 0.824. The van der Waals surface area contributed by atoms with Gasteiger partial charge >= 0.3 is 5.97 Å². The lowest BCUT2D eigenvalue weighted by atomic mass is 10.1. The van der Waals surface area contributed by atoms with Crippen LogP contribution in [0.2, 0.25) is 0 Å². The van der Waals surface area contributed by atoms with Gasteiger partial charge in [0, 0.05) is 5.57 Å². The molecule has 0 heterocycles. The highest BCUT2D eigenvalue weighted by Gasteiger charge is 2.17. The van der Waals surface area contributed by atoms with E-state index in [2.05, 4.69) is 27.6 Å².